The standard InChI is InChI=1S/C12H14O6/c13-9(14)11-5-1-2-6(17-5)12(11,10(15)16)8-4-3-7(11)18-8/h5-8H,1-4H2,(H,13,14)(H,15,16)/t5-,6-,7+,8+,11?,12?. The van der Waals surface area contributed by atoms with E-state index >= 15 is 0 Å². The zero-order valence-corrected chi connectivity index (χ0v) is 9.67. The highest BCUT2D eigenvalue weighted by Crippen LogP contribution is 2.71. The van der Waals surface area contributed by atoms with Crippen LogP contribution in [0.1, 0.15) is 25.7 Å². The number of carbonyl (C=O) groups is 2. The molecule has 4 rings (SSSR count). The molecule has 4 bridgehead atoms. The van der Waals surface area contributed by atoms with Gasteiger partial charge in [-0.1, -0.05) is 0 Å². The van der Waals surface area contributed by atoms with E-state index in [2.05, 4.69) is 0 Å². The summed E-state index contributed by atoms with van der Waals surface area (Å²) < 4.78 is 11.4. The molecular formula is C12H14O6. The minimum absolute atomic E-state index is 0.508. The van der Waals surface area contributed by atoms with Gasteiger partial charge < -0.3 is 19.7 Å². The van der Waals surface area contributed by atoms with Crippen LogP contribution >= 0.6 is 0 Å². The summed E-state index contributed by atoms with van der Waals surface area (Å²) in [6, 6.07) is 0. The lowest BCUT2D eigenvalue weighted by Gasteiger charge is -2.45. The van der Waals surface area contributed by atoms with E-state index in [1.807, 2.05) is 0 Å². The van der Waals surface area contributed by atoms with Crippen molar-refractivity contribution in [2.45, 2.75) is 50.1 Å². The number of ether oxygens (including phenoxy) is 2. The van der Waals surface area contributed by atoms with E-state index in [4.69, 9.17) is 9.47 Å². The topological polar surface area (TPSA) is 93.1 Å². The van der Waals surface area contributed by atoms with Crippen molar-refractivity contribution >= 4 is 11.9 Å². The van der Waals surface area contributed by atoms with Crippen molar-refractivity contribution in [3.63, 3.8) is 0 Å². The fourth-order valence-corrected chi connectivity index (χ4v) is 5.00. The quantitative estimate of drug-likeness (QED) is 0.733. The van der Waals surface area contributed by atoms with Crippen LogP contribution in [0, 0.1) is 10.8 Å². The van der Waals surface area contributed by atoms with E-state index in [1.54, 1.807) is 0 Å². The Labute approximate surface area is 103 Å². The van der Waals surface area contributed by atoms with Crippen LogP contribution in [-0.2, 0) is 19.1 Å². The molecule has 6 heteroatoms. The molecule has 0 radical (unpaired) electrons. The summed E-state index contributed by atoms with van der Waals surface area (Å²) >= 11 is 0. The van der Waals surface area contributed by atoms with Gasteiger partial charge in [-0.2, -0.15) is 0 Å². The summed E-state index contributed by atoms with van der Waals surface area (Å²) in [4.78, 5) is 23.7. The first-order valence-corrected chi connectivity index (χ1v) is 6.34. The molecule has 0 amide bonds. The predicted octanol–water partition coefficient (Wildman–Crippen LogP) is 0.251. The van der Waals surface area contributed by atoms with E-state index in [-0.39, 0.29) is 0 Å². The minimum atomic E-state index is -1.37. The van der Waals surface area contributed by atoms with E-state index in [0.717, 1.165) is 0 Å². The molecule has 0 spiro atoms. The van der Waals surface area contributed by atoms with Gasteiger partial charge in [0, 0.05) is 0 Å². The Morgan fingerprint density at radius 2 is 1.06 bits per heavy atom. The Bertz CT molecular complexity index is 395. The second-order valence-electron chi connectivity index (χ2n) is 5.73. The third-order valence-corrected chi connectivity index (χ3v) is 5.46. The van der Waals surface area contributed by atoms with Crippen molar-refractivity contribution in [1.29, 1.82) is 0 Å². The zero-order chi connectivity index (χ0) is 12.7. The minimum Gasteiger partial charge on any atom is -0.481 e. The SMILES string of the molecule is O=C(O)C12[C@@H]3CC[C@H](O3)C1(C(=O)O)[C@H]1CC[C@H]2O1. The van der Waals surface area contributed by atoms with Crippen LogP contribution in [0.15, 0.2) is 0 Å². The smallest absolute Gasteiger partial charge is 0.316 e. The van der Waals surface area contributed by atoms with Crippen LogP contribution in [0.3, 0.4) is 0 Å². The normalized spacial score (nSPS) is 55.8. The first-order valence-electron chi connectivity index (χ1n) is 6.34. The van der Waals surface area contributed by atoms with E-state index in [0.29, 0.717) is 25.7 Å². The third kappa shape index (κ3) is 0.746. The van der Waals surface area contributed by atoms with Gasteiger partial charge in [0.15, 0.2) is 0 Å². The zero-order valence-electron chi connectivity index (χ0n) is 9.67. The molecule has 6 nitrogen and oxygen atoms in total. The Balaban J connectivity index is 2.00. The predicted molar refractivity (Wildman–Crippen MR) is 55.9 cm³/mol. The van der Waals surface area contributed by atoms with Crippen LogP contribution in [-0.4, -0.2) is 46.6 Å². The highest BCUT2D eigenvalue weighted by atomic mass is 16.6. The van der Waals surface area contributed by atoms with Crippen molar-refractivity contribution in [2.24, 2.45) is 10.8 Å². The molecule has 98 valence electrons. The lowest BCUT2D eigenvalue weighted by molar-refractivity contribution is -0.176. The number of hydrogen-bond acceptors (Lipinski definition) is 4. The Kier molecular flexibility index (Phi) is 1.72. The summed E-state index contributed by atoms with van der Waals surface area (Å²) in [6.45, 7) is 0. The van der Waals surface area contributed by atoms with Gasteiger partial charge in [-0.25, -0.2) is 0 Å². The molecular weight excluding hydrogens is 240 g/mol. The fourth-order valence-electron chi connectivity index (χ4n) is 5.00. The number of carboxylic acids is 2. The summed E-state index contributed by atoms with van der Waals surface area (Å²) in [5.74, 6) is -2.13. The second kappa shape index (κ2) is 2.88. The van der Waals surface area contributed by atoms with Crippen LogP contribution in [0.2, 0.25) is 0 Å². The summed E-state index contributed by atoms with van der Waals surface area (Å²) in [7, 11) is 0. The molecule has 0 aromatic carbocycles. The third-order valence-electron chi connectivity index (χ3n) is 5.46. The molecule has 4 aliphatic rings. The molecule has 18 heavy (non-hydrogen) atoms. The second-order valence-corrected chi connectivity index (χ2v) is 5.73. The summed E-state index contributed by atoms with van der Waals surface area (Å²) in [6.07, 6.45) is 0.462. The van der Waals surface area contributed by atoms with Gasteiger partial charge in [-0.15, -0.1) is 0 Å². The summed E-state index contributed by atoms with van der Waals surface area (Å²) in [5.41, 5.74) is -2.74. The van der Waals surface area contributed by atoms with Crippen molar-refractivity contribution in [3.05, 3.63) is 0 Å². The lowest BCUT2D eigenvalue weighted by Crippen LogP contribution is -2.64. The van der Waals surface area contributed by atoms with Crippen molar-refractivity contribution in [2.75, 3.05) is 0 Å². The number of hydrogen-bond donors (Lipinski definition) is 2. The summed E-state index contributed by atoms with van der Waals surface area (Å²) in [5, 5.41) is 19.4. The number of carboxylic acid groups (broad SMARTS) is 2. The van der Waals surface area contributed by atoms with Crippen LogP contribution in [0.5, 0.6) is 0 Å². The van der Waals surface area contributed by atoms with Gasteiger partial charge in [0.25, 0.3) is 0 Å². The van der Waals surface area contributed by atoms with Gasteiger partial charge in [0.05, 0.1) is 24.4 Å². The molecule has 4 saturated heterocycles. The molecule has 2 unspecified atom stereocenters. The lowest BCUT2D eigenvalue weighted by atomic mass is 9.50. The van der Waals surface area contributed by atoms with Crippen molar-refractivity contribution in [1.82, 2.24) is 0 Å². The maximum absolute atomic E-state index is 11.9. The van der Waals surface area contributed by atoms with E-state index in [1.165, 1.54) is 0 Å². The number of fused-ring (bicyclic) bond motifs is 9. The first kappa shape index (κ1) is 10.8. The highest BCUT2D eigenvalue weighted by Gasteiger charge is 2.86. The van der Waals surface area contributed by atoms with Gasteiger partial charge in [0.1, 0.15) is 10.8 Å². The molecule has 6 atom stereocenters. The average Bonchev–Trinajstić information content (AvgIpc) is 3.05. The van der Waals surface area contributed by atoms with Crippen molar-refractivity contribution < 1.29 is 29.3 Å². The maximum Gasteiger partial charge on any atom is 0.316 e. The monoisotopic (exact) mass is 254 g/mol. The van der Waals surface area contributed by atoms with E-state index in [9.17, 15) is 19.8 Å². The highest BCUT2D eigenvalue weighted by molar-refractivity contribution is 5.91. The molecule has 4 aliphatic heterocycles. The van der Waals surface area contributed by atoms with E-state index < -0.39 is 47.2 Å². The molecule has 4 fully saturated rings. The van der Waals surface area contributed by atoms with Crippen LogP contribution in [0.25, 0.3) is 0 Å². The fraction of sp³-hybridized carbons (Fsp3) is 0.833. The van der Waals surface area contributed by atoms with Gasteiger partial charge in [-0.3, -0.25) is 9.59 Å². The number of aliphatic carboxylic acids is 2. The molecule has 0 aromatic rings. The van der Waals surface area contributed by atoms with Gasteiger partial charge in [0.2, 0.25) is 0 Å². The number of rotatable bonds is 2. The molecule has 2 N–H and O–H groups in total. The average molecular weight is 254 g/mol. The maximum atomic E-state index is 11.9. The largest absolute Gasteiger partial charge is 0.481 e. The van der Waals surface area contributed by atoms with Crippen molar-refractivity contribution in [3.8, 4) is 0 Å². The first-order chi connectivity index (χ1) is 8.56. The molecule has 0 aliphatic carbocycles. The Morgan fingerprint density at radius 3 is 1.28 bits per heavy atom. The molecule has 0 saturated carbocycles. The van der Waals surface area contributed by atoms with Crippen LogP contribution < -0.4 is 0 Å². The Morgan fingerprint density at radius 1 is 0.778 bits per heavy atom. The van der Waals surface area contributed by atoms with Crippen LogP contribution in [0.4, 0.5) is 0 Å². The van der Waals surface area contributed by atoms with Gasteiger partial charge in [-0.05, 0) is 25.7 Å². The molecule has 4 heterocycles. The van der Waals surface area contributed by atoms with Gasteiger partial charge >= 0.3 is 11.9 Å². The molecule has 0 aromatic heterocycles. The Hall–Kier alpha value is -1.14.